The van der Waals surface area contributed by atoms with E-state index in [-0.39, 0.29) is 18.1 Å². The Morgan fingerprint density at radius 3 is 1.65 bits per heavy atom. The third-order valence-electron chi connectivity index (χ3n) is 3.24. The fourth-order valence-corrected chi connectivity index (χ4v) is 3.61. The van der Waals surface area contributed by atoms with Crippen LogP contribution in [0.4, 0.5) is 0 Å². The number of esters is 1. The van der Waals surface area contributed by atoms with Gasteiger partial charge in [0.25, 0.3) is 0 Å². The SMILES string of the molecule is CCOC(=O)CP(=O)(Oc1ccccc1OC)Oc1ccccc1OC. The Hall–Kier alpha value is -2.66. The summed E-state index contributed by atoms with van der Waals surface area (Å²) in [5.41, 5.74) is 0. The van der Waals surface area contributed by atoms with Gasteiger partial charge in [-0.05, 0) is 31.2 Å². The molecule has 2 aromatic carbocycles. The molecule has 0 radical (unpaired) electrons. The average molecular weight is 380 g/mol. The van der Waals surface area contributed by atoms with E-state index in [1.54, 1.807) is 55.5 Å². The fraction of sp³-hybridized carbons (Fsp3) is 0.278. The number of benzene rings is 2. The molecule has 8 heteroatoms. The van der Waals surface area contributed by atoms with E-state index in [1.165, 1.54) is 14.2 Å². The highest BCUT2D eigenvalue weighted by molar-refractivity contribution is 7.55. The maximum Gasteiger partial charge on any atom is 0.442 e. The van der Waals surface area contributed by atoms with Gasteiger partial charge in [-0.2, -0.15) is 0 Å². The first-order chi connectivity index (χ1) is 12.5. The first-order valence-electron chi connectivity index (χ1n) is 7.91. The highest BCUT2D eigenvalue weighted by atomic mass is 31.2. The van der Waals surface area contributed by atoms with Gasteiger partial charge in [-0.15, -0.1) is 0 Å². The van der Waals surface area contributed by atoms with Gasteiger partial charge < -0.3 is 23.3 Å². The summed E-state index contributed by atoms with van der Waals surface area (Å²) in [6, 6.07) is 13.3. The highest BCUT2D eigenvalue weighted by Crippen LogP contribution is 2.52. The van der Waals surface area contributed by atoms with E-state index >= 15 is 0 Å². The maximum atomic E-state index is 13.3. The van der Waals surface area contributed by atoms with Crippen LogP contribution in [-0.4, -0.2) is 33.0 Å². The minimum absolute atomic E-state index is 0.155. The molecule has 140 valence electrons. The molecular weight excluding hydrogens is 359 g/mol. The lowest BCUT2D eigenvalue weighted by Gasteiger charge is -2.21. The number of methoxy groups -OCH3 is 2. The predicted molar refractivity (Wildman–Crippen MR) is 96.4 cm³/mol. The Balaban J connectivity index is 2.35. The number of carbonyl (C=O) groups is 1. The van der Waals surface area contributed by atoms with Crippen molar-refractivity contribution in [1.82, 2.24) is 0 Å². The molecule has 0 saturated carbocycles. The molecule has 0 saturated heterocycles. The molecule has 0 aliphatic heterocycles. The molecule has 0 spiro atoms. The molecule has 7 nitrogen and oxygen atoms in total. The minimum Gasteiger partial charge on any atom is -0.493 e. The predicted octanol–water partition coefficient (Wildman–Crippen LogP) is 3.92. The van der Waals surface area contributed by atoms with Crippen LogP contribution < -0.4 is 18.5 Å². The van der Waals surface area contributed by atoms with Crippen LogP contribution >= 0.6 is 7.60 Å². The van der Waals surface area contributed by atoms with Crippen molar-refractivity contribution in [3.8, 4) is 23.0 Å². The zero-order valence-electron chi connectivity index (χ0n) is 14.8. The Bertz CT molecular complexity index is 737. The van der Waals surface area contributed by atoms with Crippen molar-refractivity contribution in [2.24, 2.45) is 0 Å². The van der Waals surface area contributed by atoms with E-state index < -0.39 is 19.7 Å². The fourth-order valence-electron chi connectivity index (χ4n) is 2.14. The summed E-state index contributed by atoms with van der Waals surface area (Å²) < 4.78 is 39.8. The average Bonchev–Trinajstić information content (AvgIpc) is 2.62. The molecule has 26 heavy (non-hydrogen) atoms. The van der Waals surface area contributed by atoms with Crippen molar-refractivity contribution in [3.05, 3.63) is 48.5 Å². The van der Waals surface area contributed by atoms with Gasteiger partial charge in [-0.1, -0.05) is 24.3 Å². The molecule has 0 amide bonds. The van der Waals surface area contributed by atoms with Gasteiger partial charge in [0.2, 0.25) is 0 Å². The van der Waals surface area contributed by atoms with Crippen LogP contribution in [0.25, 0.3) is 0 Å². The Labute approximate surface area is 152 Å². The molecule has 0 aromatic heterocycles. The number of para-hydroxylation sites is 4. The molecule has 0 fully saturated rings. The maximum absolute atomic E-state index is 13.3. The second kappa shape index (κ2) is 9.15. The third kappa shape index (κ3) is 5.17. The van der Waals surface area contributed by atoms with Crippen molar-refractivity contribution in [2.75, 3.05) is 27.0 Å². The standard InChI is InChI=1S/C18H21O7P/c1-4-23-18(19)13-26(20,24-16-11-7-5-9-14(16)21-2)25-17-12-8-6-10-15(17)22-3/h5-12H,4,13H2,1-3H3. The van der Waals surface area contributed by atoms with Crippen molar-refractivity contribution < 1.29 is 32.6 Å². The molecule has 0 N–H and O–H groups in total. The smallest absolute Gasteiger partial charge is 0.442 e. The zero-order valence-corrected chi connectivity index (χ0v) is 15.7. The lowest BCUT2D eigenvalue weighted by atomic mass is 10.3. The van der Waals surface area contributed by atoms with Crippen molar-refractivity contribution in [1.29, 1.82) is 0 Å². The summed E-state index contributed by atoms with van der Waals surface area (Å²) >= 11 is 0. The number of rotatable bonds is 9. The van der Waals surface area contributed by atoms with Crippen LogP contribution in [0.1, 0.15) is 6.92 Å². The largest absolute Gasteiger partial charge is 0.493 e. The Kier molecular flexibility index (Phi) is 6.92. The van der Waals surface area contributed by atoms with E-state index in [9.17, 15) is 9.36 Å². The van der Waals surface area contributed by atoms with E-state index in [0.29, 0.717) is 11.5 Å². The van der Waals surface area contributed by atoms with E-state index in [1.807, 2.05) is 0 Å². The van der Waals surface area contributed by atoms with E-state index in [2.05, 4.69) is 0 Å². The topological polar surface area (TPSA) is 80.3 Å². The van der Waals surface area contributed by atoms with Gasteiger partial charge in [0.1, 0.15) is 0 Å². The number of carbonyl (C=O) groups excluding carboxylic acids is 1. The number of hydrogen-bond donors (Lipinski definition) is 0. The van der Waals surface area contributed by atoms with Gasteiger partial charge in [0.05, 0.1) is 20.8 Å². The van der Waals surface area contributed by atoms with Gasteiger partial charge in [-0.25, -0.2) is 4.57 Å². The monoisotopic (exact) mass is 380 g/mol. The zero-order chi connectivity index (χ0) is 19.0. The van der Waals surface area contributed by atoms with Crippen molar-refractivity contribution >= 4 is 13.6 Å². The van der Waals surface area contributed by atoms with Crippen LogP contribution in [0.15, 0.2) is 48.5 Å². The van der Waals surface area contributed by atoms with Gasteiger partial charge in [0.15, 0.2) is 29.2 Å². The molecule has 0 bridgehead atoms. The molecular formula is C18H21O7P. The summed E-state index contributed by atoms with van der Waals surface area (Å²) in [6.45, 7) is 1.81. The lowest BCUT2D eigenvalue weighted by Crippen LogP contribution is -2.16. The normalized spacial score (nSPS) is 10.7. The lowest BCUT2D eigenvalue weighted by molar-refractivity contribution is -0.140. The third-order valence-corrected chi connectivity index (χ3v) is 4.84. The summed E-state index contributed by atoms with van der Waals surface area (Å²) in [7, 11) is -1.05. The Morgan fingerprint density at radius 1 is 0.846 bits per heavy atom. The van der Waals surface area contributed by atoms with Gasteiger partial charge in [-0.3, -0.25) is 4.79 Å². The molecule has 0 aliphatic rings. The van der Waals surface area contributed by atoms with Gasteiger partial charge in [0, 0.05) is 0 Å². The summed E-state index contributed by atoms with van der Waals surface area (Å²) in [5.74, 6) is 0.413. The van der Waals surface area contributed by atoms with Crippen molar-refractivity contribution in [2.45, 2.75) is 6.92 Å². The molecule has 0 atom stereocenters. The molecule has 2 aromatic rings. The number of hydrogen-bond acceptors (Lipinski definition) is 7. The van der Waals surface area contributed by atoms with E-state index in [0.717, 1.165) is 0 Å². The van der Waals surface area contributed by atoms with Crippen LogP contribution in [-0.2, 0) is 14.1 Å². The van der Waals surface area contributed by atoms with Crippen LogP contribution in [0, 0.1) is 0 Å². The first kappa shape index (κ1) is 19.7. The second-order valence-corrected chi connectivity index (χ2v) is 6.96. The summed E-state index contributed by atoms with van der Waals surface area (Å²) in [6.07, 6.45) is -0.559. The van der Waals surface area contributed by atoms with Crippen LogP contribution in [0.5, 0.6) is 23.0 Å². The van der Waals surface area contributed by atoms with Crippen LogP contribution in [0.2, 0.25) is 0 Å². The molecule has 0 aliphatic carbocycles. The van der Waals surface area contributed by atoms with Gasteiger partial charge >= 0.3 is 13.6 Å². The van der Waals surface area contributed by atoms with Crippen molar-refractivity contribution in [3.63, 3.8) is 0 Å². The molecule has 0 unspecified atom stereocenters. The number of ether oxygens (including phenoxy) is 3. The minimum atomic E-state index is -3.96. The summed E-state index contributed by atoms with van der Waals surface area (Å²) in [5, 5.41) is 0. The Morgan fingerprint density at radius 2 is 1.27 bits per heavy atom. The quantitative estimate of drug-likeness (QED) is 0.482. The summed E-state index contributed by atoms with van der Waals surface area (Å²) in [4.78, 5) is 11.9. The molecule has 2 rings (SSSR count). The van der Waals surface area contributed by atoms with E-state index in [4.69, 9.17) is 23.3 Å². The van der Waals surface area contributed by atoms with Crippen LogP contribution in [0.3, 0.4) is 0 Å². The first-order valence-corrected chi connectivity index (χ1v) is 9.64. The molecule has 0 heterocycles. The highest BCUT2D eigenvalue weighted by Gasteiger charge is 2.34. The second-order valence-electron chi connectivity index (χ2n) is 5.06.